The predicted molar refractivity (Wildman–Crippen MR) is 75.4 cm³/mol. The monoisotopic (exact) mass is 273 g/mol. The van der Waals surface area contributed by atoms with Crippen molar-refractivity contribution in [3.05, 3.63) is 35.9 Å². The maximum absolute atomic E-state index is 11.8. The predicted octanol–water partition coefficient (Wildman–Crippen LogP) is 2.71. The molecule has 1 amide bonds. The summed E-state index contributed by atoms with van der Waals surface area (Å²) in [6.45, 7) is 2.23. The summed E-state index contributed by atoms with van der Waals surface area (Å²) >= 11 is 0. The molecule has 20 heavy (non-hydrogen) atoms. The quantitative estimate of drug-likeness (QED) is 0.911. The van der Waals surface area contributed by atoms with Crippen molar-refractivity contribution in [1.82, 2.24) is 9.78 Å². The van der Waals surface area contributed by atoms with Crippen LogP contribution in [0.4, 0.5) is 5.82 Å². The Morgan fingerprint density at radius 2 is 2.30 bits per heavy atom. The summed E-state index contributed by atoms with van der Waals surface area (Å²) in [6, 6.07) is 5.80. The first-order chi connectivity index (χ1) is 9.61. The van der Waals surface area contributed by atoms with Gasteiger partial charge in [-0.15, -0.1) is 0 Å². The van der Waals surface area contributed by atoms with Crippen molar-refractivity contribution in [2.75, 3.05) is 5.32 Å². The summed E-state index contributed by atoms with van der Waals surface area (Å²) in [5.41, 5.74) is 0. The maximum atomic E-state index is 11.8. The molecule has 1 N–H and O–H groups in total. The van der Waals surface area contributed by atoms with E-state index in [1.54, 1.807) is 16.9 Å². The highest BCUT2D eigenvalue weighted by atomic mass is 16.3. The van der Waals surface area contributed by atoms with Crippen LogP contribution in [0.5, 0.6) is 0 Å². The lowest BCUT2D eigenvalue weighted by Gasteiger charge is -2.00. The van der Waals surface area contributed by atoms with Gasteiger partial charge in [0, 0.05) is 38.1 Å². The first kappa shape index (κ1) is 13.0. The maximum Gasteiger partial charge on any atom is 0.226 e. The lowest BCUT2D eigenvalue weighted by Crippen LogP contribution is -2.12. The number of hydrogen-bond donors (Lipinski definition) is 1. The van der Waals surface area contributed by atoms with E-state index in [2.05, 4.69) is 17.3 Å². The second-order valence-electron chi connectivity index (χ2n) is 5.55. The number of nitrogens with zero attached hydrogens (tertiary/aromatic N) is 2. The van der Waals surface area contributed by atoms with Gasteiger partial charge in [0.2, 0.25) is 5.91 Å². The third-order valence-corrected chi connectivity index (χ3v) is 3.74. The molecule has 0 saturated heterocycles. The summed E-state index contributed by atoms with van der Waals surface area (Å²) < 4.78 is 7.44. The first-order valence-corrected chi connectivity index (χ1v) is 7.00. The minimum Gasteiger partial charge on any atom is -0.466 e. The number of rotatable bonds is 5. The molecule has 5 heteroatoms. The summed E-state index contributed by atoms with van der Waals surface area (Å²) in [5, 5.41) is 6.88. The molecule has 0 bridgehead atoms. The van der Waals surface area contributed by atoms with E-state index in [1.165, 1.54) is 6.42 Å². The van der Waals surface area contributed by atoms with Gasteiger partial charge in [-0.05, 0) is 24.5 Å². The zero-order valence-corrected chi connectivity index (χ0v) is 11.8. The van der Waals surface area contributed by atoms with Crippen LogP contribution in [-0.4, -0.2) is 15.7 Å². The number of furan rings is 1. The van der Waals surface area contributed by atoms with Gasteiger partial charge in [-0.3, -0.25) is 9.48 Å². The van der Waals surface area contributed by atoms with Gasteiger partial charge >= 0.3 is 0 Å². The third-order valence-electron chi connectivity index (χ3n) is 3.74. The van der Waals surface area contributed by atoms with E-state index in [1.807, 2.05) is 19.2 Å². The minimum atomic E-state index is -0.0403. The zero-order valence-electron chi connectivity index (χ0n) is 11.8. The number of hydrogen-bond acceptors (Lipinski definition) is 3. The molecule has 2 aromatic rings. The van der Waals surface area contributed by atoms with Crippen molar-refractivity contribution in [3.63, 3.8) is 0 Å². The number of carbonyl (C=O) groups excluding carboxylic acids is 1. The van der Waals surface area contributed by atoms with Gasteiger partial charge in [0.1, 0.15) is 11.5 Å². The van der Waals surface area contributed by atoms with E-state index in [0.29, 0.717) is 24.6 Å². The molecule has 0 aliphatic heterocycles. The summed E-state index contributed by atoms with van der Waals surface area (Å²) in [5.74, 6) is 3.83. The average Bonchev–Trinajstić information content (AvgIpc) is 2.82. The molecule has 106 valence electrons. The Morgan fingerprint density at radius 1 is 1.50 bits per heavy atom. The largest absolute Gasteiger partial charge is 0.466 e. The molecule has 1 aliphatic rings. The summed E-state index contributed by atoms with van der Waals surface area (Å²) in [4.78, 5) is 11.8. The summed E-state index contributed by atoms with van der Waals surface area (Å²) in [7, 11) is 1.82. The first-order valence-electron chi connectivity index (χ1n) is 7.00. The molecule has 1 fully saturated rings. The van der Waals surface area contributed by atoms with Gasteiger partial charge in [-0.1, -0.05) is 6.92 Å². The van der Waals surface area contributed by atoms with Crippen molar-refractivity contribution in [3.8, 4) is 0 Å². The third kappa shape index (κ3) is 2.92. The lowest BCUT2D eigenvalue weighted by atomic mass is 10.2. The molecule has 1 saturated carbocycles. The van der Waals surface area contributed by atoms with Gasteiger partial charge in [-0.25, -0.2) is 0 Å². The van der Waals surface area contributed by atoms with E-state index in [9.17, 15) is 4.79 Å². The highest BCUT2D eigenvalue weighted by molar-refractivity contribution is 5.89. The second-order valence-corrected chi connectivity index (χ2v) is 5.55. The van der Waals surface area contributed by atoms with Gasteiger partial charge in [-0.2, -0.15) is 5.10 Å². The second kappa shape index (κ2) is 5.15. The van der Waals surface area contributed by atoms with Crippen LogP contribution in [0.2, 0.25) is 0 Å². The van der Waals surface area contributed by atoms with Crippen molar-refractivity contribution in [1.29, 1.82) is 0 Å². The molecule has 5 nitrogen and oxygen atoms in total. The number of amides is 1. The molecule has 0 unspecified atom stereocenters. The van der Waals surface area contributed by atoms with E-state index in [0.717, 1.165) is 17.4 Å². The van der Waals surface area contributed by atoms with Gasteiger partial charge in [0.25, 0.3) is 0 Å². The van der Waals surface area contributed by atoms with Crippen LogP contribution < -0.4 is 5.32 Å². The van der Waals surface area contributed by atoms with Crippen LogP contribution in [0.25, 0.3) is 0 Å². The van der Waals surface area contributed by atoms with Gasteiger partial charge < -0.3 is 9.73 Å². The number of aromatic nitrogens is 2. The van der Waals surface area contributed by atoms with Crippen LogP contribution in [0.1, 0.15) is 37.2 Å². The van der Waals surface area contributed by atoms with E-state index < -0.39 is 0 Å². The normalized spacial score (nSPS) is 20.9. The fraction of sp³-hybridized carbons (Fsp3) is 0.467. The standard InChI is InChI=1S/C15H19N3O2/c1-10-9-12(10)13-5-3-11(20-13)4-6-15(19)16-14-7-8-18(2)17-14/h3,5,7-8,10,12H,4,6,9H2,1-2H3,(H,16,17,19)/t10-,12-/m0/s1. The summed E-state index contributed by atoms with van der Waals surface area (Å²) in [6.07, 6.45) is 4.04. The average molecular weight is 273 g/mol. The van der Waals surface area contributed by atoms with Crippen LogP contribution >= 0.6 is 0 Å². The molecule has 1 aliphatic carbocycles. The van der Waals surface area contributed by atoms with Crippen LogP contribution in [0, 0.1) is 5.92 Å². The van der Waals surface area contributed by atoms with Gasteiger partial charge in [0.05, 0.1) is 0 Å². The SMILES string of the molecule is C[C@H]1C[C@@H]1c1ccc(CCC(=O)Nc2ccn(C)n2)o1. The Kier molecular flexibility index (Phi) is 3.34. The molecule has 2 atom stereocenters. The molecular weight excluding hydrogens is 254 g/mol. The molecule has 2 aromatic heterocycles. The van der Waals surface area contributed by atoms with E-state index in [-0.39, 0.29) is 5.91 Å². The van der Waals surface area contributed by atoms with Crippen molar-refractivity contribution in [2.24, 2.45) is 13.0 Å². The number of nitrogens with one attached hydrogen (secondary N) is 1. The molecule has 3 rings (SSSR count). The molecule has 0 radical (unpaired) electrons. The Labute approximate surface area is 118 Å². The molecule has 0 aromatic carbocycles. The van der Waals surface area contributed by atoms with Crippen LogP contribution in [0.15, 0.2) is 28.8 Å². The Hall–Kier alpha value is -2.04. The highest BCUT2D eigenvalue weighted by Crippen LogP contribution is 2.47. The number of anilines is 1. The topological polar surface area (TPSA) is 60.1 Å². The van der Waals surface area contributed by atoms with Gasteiger partial charge in [0.15, 0.2) is 5.82 Å². The van der Waals surface area contributed by atoms with Crippen LogP contribution in [-0.2, 0) is 18.3 Å². The fourth-order valence-corrected chi connectivity index (χ4v) is 2.37. The smallest absolute Gasteiger partial charge is 0.226 e. The van der Waals surface area contributed by atoms with Crippen molar-refractivity contribution < 1.29 is 9.21 Å². The van der Waals surface area contributed by atoms with E-state index >= 15 is 0 Å². The van der Waals surface area contributed by atoms with Crippen molar-refractivity contribution >= 4 is 11.7 Å². The minimum absolute atomic E-state index is 0.0403. The number of carbonyl (C=O) groups is 1. The fourth-order valence-electron chi connectivity index (χ4n) is 2.37. The van der Waals surface area contributed by atoms with Crippen LogP contribution in [0.3, 0.4) is 0 Å². The zero-order chi connectivity index (χ0) is 14.1. The molecule has 2 heterocycles. The lowest BCUT2D eigenvalue weighted by molar-refractivity contribution is -0.116. The highest BCUT2D eigenvalue weighted by Gasteiger charge is 2.36. The Morgan fingerprint density at radius 3 is 2.95 bits per heavy atom. The molecule has 0 spiro atoms. The Balaban J connectivity index is 1.49. The number of aryl methyl sites for hydroxylation is 2. The molecular formula is C15H19N3O2. The Bertz CT molecular complexity index is 614. The van der Waals surface area contributed by atoms with Crippen molar-refractivity contribution in [2.45, 2.75) is 32.1 Å². The van der Waals surface area contributed by atoms with E-state index in [4.69, 9.17) is 4.42 Å².